The Morgan fingerprint density at radius 1 is 1.14 bits per heavy atom. The first kappa shape index (κ1) is 22.2. The molecule has 1 atom stereocenters. The van der Waals surface area contributed by atoms with Gasteiger partial charge >= 0.3 is 5.97 Å². The maximum absolute atomic E-state index is 11.4. The van der Waals surface area contributed by atoms with Crippen LogP contribution in [0.1, 0.15) is 46.6 Å². The Balaban J connectivity index is 0. The molecule has 0 spiro atoms. The van der Waals surface area contributed by atoms with Crippen LogP contribution >= 0.6 is 0 Å². The lowest BCUT2D eigenvalue weighted by atomic mass is 10.1. The van der Waals surface area contributed by atoms with Crippen LogP contribution in [0, 0.1) is 0 Å². The summed E-state index contributed by atoms with van der Waals surface area (Å²) in [5.41, 5.74) is 1.05. The number of nitrogens with one attached hydrogen (secondary N) is 1. The molecule has 1 aromatic rings. The van der Waals surface area contributed by atoms with E-state index in [1.165, 1.54) is 14.0 Å². The molecule has 0 aliphatic heterocycles. The number of rotatable bonds is 5. The third-order valence-electron chi connectivity index (χ3n) is 2.34. The zero-order valence-corrected chi connectivity index (χ0v) is 14.6. The van der Waals surface area contributed by atoms with E-state index < -0.39 is 12.0 Å². The van der Waals surface area contributed by atoms with Gasteiger partial charge in [-0.05, 0) is 12.0 Å². The van der Waals surface area contributed by atoms with Gasteiger partial charge in [-0.1, -0.05) is 70.2 Å². The topological polar surface area (TPSA) is 55.4 Å². The number of ether oxygens (including phenoxy) is 1. The summed E-state index contributed by atoms with van der Waals surface area (Å²) in [4.78, 5) is 22.4. The molecule has 0 aliphatic carbocycles. The molecule has 1 N–H and O–H groups in total. The molecule has 1 amide bonds. The fourth-order valence-corrected chi connectivity index (χ4v) is 1.51. The maximum Gasteiger partial charge on any atom is 0.328 e. The third kappa shape index (κ3) is 10.7. The van der Waals surface area contributed by atoms with Gasteiger partial charge in [0.1, 0.15) is 6.04 Å². The van der Waals surface area contributed by atoms with Gasteiger partial charge in [-0.15, -0.1) is 0 Å². The smallest absolute Gasteiger partial charge is 0.328 e. The van der Waals surface area contributed by atoms with Gasteiger partial charge in [0.15, 0.2) is 0 Å². The number of esters is 1. The molecule has 0 fully saturated rings. The minimum absolute atomic E-state index is 0.251. The fraction of sp³-hybridized carbons (Fsp3) is 0.444. The largest absolute Gasteiger partial charge is 0.467 e. The van der Waals surface area contributed by atoms with Gasteiger partial charge in [0.2, 0.25) is 5.91 Å². The lowest BCUT2D eigenvalue weighted by Gasteiger charge is -2.12. The van der Waals surface area contributed by atoms with E-state index in [0.717, 1.165) is 5.56 Å². The van der Waals surface area contributed by atoms with Crippen LogP contribution in [-0.4, -0.2) is 25.0 Å². The van der Waals surface area contributed by atoms with Crippen molar-refractivity contribution in [3.8, 4) is 0 Å². The molecule has 0 aliphatic rings. The van der Waals surface area contributed by atoms with Gasteiger partial charge in [0.25, 0.3) is 0 Å². The Morgan fingerprint density at radius 3 is 2.14 bits per heavy atom. The number of hydrogen-bond donors (Lipinski definition) is 1. The minimum Gasteiger partial charge on any atom is -0.467 e. The number of benzene rings is 1. The predicted molar refractivity (Wildman–Crippen MR) is 92.4 cm³/mol. The molecule has 0 radical (unpaired) electrons. The first-order valence-electron chi connectivity index (χ1n) is 7.70. The molecule has 4 nitrogen and oxygen atoms in total. The van der Waals surface area contributed by atoms with E-state index >= 15 is 0 Å². The van der Waals surface area contributed by atoms with E-state index in [9.17, 15) is 9.59 Å². The monoisotopic (exact) mass is 307 g/mol. The highest BCUT2D eigenvalue weighted by Gasteiger charge is 2.17. The molecule has 0 saturated carbocycles. The average Bonchev–Trinajstić information content (AvgIpc) is 2.57. The van der Waals surface area contributed by atoms with Crippen LogP contribution in [0.5, 0.6) is 0 Å². The van der Waals surface area contributed by atoms with Gasteiger partial charge in [-0.3, -0.25) is 4.79 Å². The number of carbonyl (C=O) groups is 2. The van der Waals surface area contributed by atoms with Gasteiger partial charge < -0.3 is 10.1 Å². The van der Waals surface area contributed by atoms with Gasteiger partial charge in [-0.2, -0.15) is 0 Å². The van der Waals surface area contributed by atoms with Crippen LogP contribution in [0.2, 0.25) is 0 Å². The van der Waals surface area contributed by atoms with E-state index in [2.05, 4.69) is 10.1 Å². The van der Waals surface area contributed by atoms with Crippen molar-refractivity contribution < 1.29 is 14.3 Å². The fourth-order valence-electron chi connectivity index (χ4n) is 1.51. The van der Waals surface area contributed by atoms with Crippen LogP contribution in [0.4, 0.5) is 0 Å². The minimum atomic E-state index is -0.632. The summed E-state index contributed by atoms with van der Waals surface area (Å²) in [6.45, 7) is 9.37. The second-order valence-electron chi connectivity index (χ2n) is 3.83. The van der Waals surface area contributed by atoms with Crippen molar-refractivity contribution in [2.45, 2.75) is 47.1 Å². The zero-order chi connectivity index (χ0) is 17.4. The van der Waals surface area contributed by atoms with E-state index in [0.29, 0.717) is 6.42 Å². The van der Waals surface area contributed by atoms with Gasteiger partial charge in [0.05, 0.1) is 7.11 Å². The van der Waals surface area contributed by atoms with E-state index in [4.69, 9.17) is 0 Å². The van der Waals surface area contributed by atoms with Crippen molar-refractivity contribution in [1.29, 1.82) is 0 Å². The van der Waals surface area contributed by atoms with Gasteiger partial charge in [-0.25, -0.2) is 4.79 Å². The van der Waals surface area contributed by atoms with Crippen molar-refractivity contribution >= 4 is 18.0 Å². The lowest BCUT2D eigenvalue weighted by molar-refractivity contribution is -0.144. The third-order valence-corrected chi connectivity index (χ3v) is 2.34. The molecule has 22 heavy (non-hydrogen) atoms. The van der Waals surface area contributed by atoms with E-state index in [1.807, 2.05) is 70.2 Å². The molecule has 0 aromatic heterocycles. The summed E-state index contributed by atoms with van der Waals surface area (Å²) in [6.07, 6.45) is 4.14. The number of amides is 1. The molecule has 0 heterocycles. The molecular weight excluding hydrogens is 278 g/mol. The summed E-state index contributed by atoms with van der Waals surface area (Å²) in [5, 5.41) is 2.55. The quantitative estimate of drug-likeness (QED) is 0.841. The summed E-state index contributed by atoms with van der Waals surface area (Å²) in [6, 6.07) is 9.10. The summed E-state index contributed by atoms with van der Waals surface area (Å²) in [5.74, 6) is -0.693. The lowest BCUT2D eigenvalue weighted by Crippen LogP contribution is -2.39. The highest BCUT2D eigenvalue weighted by molar-refractivity contribution is 5.83. The van der Waals surface area contributed by atoms with Crippen LogP contribution < -0.4 is 5.32 Å². The van der Waals surface area contributed by atoms with Crippen molar-refractivity contribution in [1.82, 2.24) is 5.32 Å². The number of methoxy groups -OCH3 is 1. The first-order chi connectivity index (χ1) is 10.6. The van der Waals surface area contributed by atoms with Crippen LogP contribution in [0.15, 0.2) is 36.4 Å². The summed E-state index contributed by atoms with van der Waals surface area (Å²) in [7, 11) is 1.30. The Labute approximate surface area is 134 Å². The Morgan fingerprint density at radius 2 is 1.68 bits per heavy atom. The SMILES string of the molecule is CC.CC.COC(=O)[C@H](C/C=C/c1ccccc1)NC(C)=O. The number of carbonyl (C=O) groups excluding carboxylic acids is 2. The highest BCUT2D eigenvalue weighted by Crippen LogP contribution is 2.04. The molecule has 124 valence electrons. The van der Waals surface area contributed by atoms with Crippen molar-refractivity contribution in [2.24, 2.45) is 0 Å². The standard InChI is InChI=1S/C14H17NO3.2C2H6/c1-11(16)15-13(14(17)18-2)10-6-9-12-7-4-3-5-8-12;2*1-2/h3-9,13H,10H2,1-2H3,(H,15,16);2*1-2H3/b9-6+;;/t13-;;/m0../s1. The molecular formula is C18H29NO3. The molecule has 1 rings (SSSR count). The Kier molecular flexibility index (Phi) is 15.4. The Bertz CT molecular complexity index is 427. The van der Waals surface area contributed by atoms with Crippen molar-refractivity contribution in [3.63, 3.8) is 0 Å². The zero-order valence-electron chi connectivity index (χ0n) is 14.6. The molecule has 0 saturated heterocycles. The van der Waals surface area contributed by atoms with Crippen LogP contribution in [-0.2, 0) is 14.3 Å². The number of hydrogen-bond acceptors (Lipinski definition) is 3. The summed E-state index contributed by atoms with van der Waals surface area (Å²) < 4.78 is 4.63. The summed E-state index contributed by atoms with van der Waals surface area (Å²) >= 11 is 0. The van der Waals surface area contributed by atoms with Crippen molar-refractivity contribution in [2.75, 3.05) is 7.11 Å². The van der Waals surface area contributed by atoms with Crippen molar-refractivity contribution in [3.05, 3.63) is 42.0 Å². The molecule has 1 aromatic carbocycles. The Hall–Kier alpha value is -2.10. The normalized spacial score (nSPS) is 10.5. The average molecular weight is 307 g/mol. The predicted octanol–water partition coefficient (Wildman–Crippen LogP) is 3.82. The van der Waals surface area contributed by atoms with Crippen LogP contribution in [0.25, 0.3) is 6.08 Å². The molecule has 0 bridgehead atoms. The molecule has 4 heteroatoms. The second-order valence-corrected chi connectivity index (χ2v) is 3.83. The first-order valence-corrected chi connectivity index (χ1v) is 7.70. The van der Waals surface area contributed by atoms with E-state index in [1.54, 1.807) is 0 Å². The second kappa shape index (κ2) is 15.3. The molecule has 0 unspecified atom stereocenters. The highest BCUT2D eigenvalue weighted by atomic mass is 16.5. The van der Waals surface area contributed by atoms with Gasteiger partial charge in [0, 0.05) is 6.92 Å². The van der Waals surface area contributed by atoms with Crippen LogP contribution in [0.3, 0.4) is 0 Å². The maximum atomic E-state index is 11.4. The van der Waals surface area contributed by atoms with E-state index in [-0.39, 0.29) is 5.91 Å².